The minimum atomic E-state index is -4.99. The van der Waals surface area contributed by atoms with Gasteiger partial charge in [-0.05, 0) is 6.92 Å². The van der Waals surface area contributed by atoms with Crippen molar-refractivity contribution in [2.24, 2.45) is 0 Å². The van der Waals surface area contributed by atoms with Gasteiger partial charge in [-0.15, -0.1) is 0 Å². The van der Waals surface area contributed by atoms with E-state index in [0.717, 1.165) is 6.20 Å². The highest BCUT2D eigenvalue weighted by atomic mass is 19.4. The summed E-state index contributed by atoms with van der Waals surface area (Å²) in [7, 11) is 0. The Bertz CT molecular complexity index is 571. The zero-order chi connectivity index (χ0) is 15.8. The molecule has 0 radical (unpaired) electrons. The third-order valence-electron chi connectivity index (χ3n) is 3.14. The average Bonchev–Trinajstić information content (AvgIpc) is 2.76. The van der Waals surface area contributed by atoms with Crippen LogP contribution in [0, 0.1) is 10.1 Å². The van der Waals surface area contributed by atoms with Gasteiger partial charge in [-0.3, -0.25) is 14.9 Å². The number of aryl methyl sites for hydroxylation is 1. The van der Waals surface area contributed by atoms with Gasteiger partial charge < -0.3 is 10.2 Å². The zero-order valence-corrected chi connectivity index (χ0v) is 10.9. The number of carbonyl (C=O) groups excluding carboxylic acids is 1. The van der Waals surface area contributed by atoms with Gasteiger partial charge in [0.1, 0.15) is 12.4 Å². The molecule has 1 N–H and O–H groups in total. The summed E-state index contributed by atoms with van der Waals surface area (Å²) in [6.07, 6.45) is -4.61. The third kappa shape index (κ3) is 2.76. The largest absolute Gasteiger partial charge is 0.471 e. The Kier molecular flexibility index (Phi) is 3.75. The molecule has 0 unspecified atom stereocenters. The molecule has 0 spiro atoms. The van der Waals surface area contributed by atoms with Crippen LogP contribution in [0.5, 0.6) is 0 Å². The van der Waals surface area contributed by atoms with Gasteiger partial charge in [-0.1, -0.05) is 0 Å². The first-order valence-electron chi connectivity index (χ1n) is 6.10. The summed E-state index contributed by atoms with van der Waals surface area (Å²) in [6, 6.07) is 0. The van der Waals surface area contributed by atoms with Crippen molar-refractivity contribution in [1.29, 1.82) is 0 Å². The lowest BCUT2D eigenvalue weighted by atomic mass is 10.1. The second-order valence-corrected chi connectivity index (χ2v) is 4.40. The van der Waals surface area contributed by atoms with E-state index >= 15 is 0 Å². The molecule has 1 fully saturated rings. The van der Waals surface area contributed by atoms with Gasteiger partial charge in [0, 0.05) is 19.5 Å². The van der Waals surface area contributed by atoms with Crippen molar-refractivity contribution in [2.75, 3.05) is 11.4 Å². The van der Waals surface area contributed by atoms with Crippen LogP contribution in [-0.4, -0.2) is 39.5 Å². The molecule has 1 aliphatic heterocycles. The number of hydrogen-bond donors (Lipinski definition) is 1. The summed E-state index contributed by atoms with van der Waals surface area (Å²) in [5.74, 6) is -1.97. The number of alkyl halides is 3. The Morgan fingerprint density at radius 1 is 1.62 bits per heavy atom. The summed E-state index contributed by atoms with van der Waals surface area (Å²) in [6.45, 7) is 2.32. The van der Waals surface area contributed by atoms with E-state index in [9.17, 15) is 28.1 Å². The average molecular weight is 307 g/mol. The van der Waals surface area contributed by atoms with Crippen molar-refractivity contribution in [3.63, 3.8) is 0 Å². The van der Waals surface area contributed by atoms with Gasteiger partial charge in [-0.2, -0.15) is 18.3 Å². The lowest BCUT2D eigenvalue weighted by molar-refractivity contribution is -0.384. The first-order chi connectivity index (χ1) is 9.75. The highest BCUT2D eigenvalue weighted by Crippen LogP contribution is 2.33. The normalized spacial score (nSPS) is 18.3. The van der Waals surface area contributed by atoms with E-state index in [-0.39, 0.29) is 17.9 Å². The molecular formula is C10H12F3N5O3. The maximum absolute atomic E-state index is 12.2. The smallest absolute Gasteiger partial charge is 0.330 e. The molecule has 0 bridgehead atoms. The molecule has 0 aliphatic carbocycles. The number of nitro groups is 1. The molecule has 2 heterocycles. The summed E-state index contributed by atoms with van der Waals surface area (Å²) >= 11 is 0. The van der Waals surface area contributed by atoms with Crippen molar-refractivity contribution >= 4 is 17.4 Å². The van der Waals surface area contributed by atoms with Gasteiger partial charge in [0.05, 0.1) is 4.92 Å². The van der Waals surface area contributed by atoms with E-state index in [0.29, 0.717) is 13.1 Å². The number of aromatic nitrogens is 2. The van der Waals surface area contributed by atoms with E-state index in [1.807, 2.05) is 5.32 Å². The molecule has 0 saturated carbocycles. The number of nitrogens with one attached hydrogen (secondary N) is 1. The van der Waals surface area contributed by atoms with Crippen molar-refractivity contribution in [3.05, 3.63) is 16.3 Å². The predicted molar refractivity (Wildman–Crippen MR) is 64.5 cm³/mol. The van der Waals surface area contributed by atoms with Crippen LogP contribution in [0.3, 0.4) is 0 Å². The van der Waals surface area contributed by atoms with Crippen LogP contribution in [0.4, 0.5) is 24.7 Å². The van der Waals surface area contributed by atoms with Crippen molar-refractivity contribution < 1.29 is 22.9 Å². The van der Waals surface area contributed by atoms with E-state index in [4.69, 9.17) is 0 Å². The highest BCUT2D eigenvalue weighted by molar-refractivity contribution is 5.82. The second-order valence-electron chi connectivity index (χ2n) is 4.40. The topological polar surface area (TPSA) is 93.3 Å². The van der Waals surface area contributed by atoms with Crippen molar-refractivity contribution in [2.45, 2.75) is 32.2 Å². The molecule has 1 saturated heterocycles. The van der Waals surface area contributed by atoms with Crippen LogP contribution >= 0.6 is 0 Å². The first-order valence-corrected chi connectivity index (χ1v) is 6.10. The minimum absolute atomic E-state index is 0.0984. The lowest BCUT2D eigenvalue weighted by Gasteiger charge is -2.42. The number of hydrogen-bond acceptors (Lipinski definition) is 5. The number of nitrogens with zero attached hydrogens (tertiary/aromatic N) is 4. The van der Waals surface area contributed by atoms with Crippen LogP contribution in [0.15, 0.2) is 6.20 Å². The van der Waals surface area contributed by atoms with Crippen molar-refractivity contribution in [1.82, 2.24) is 15.1 Å². The quantitative estimate of drug-likeness (QED) is 0.662. The second kappa shape index (κ2) is 5.22. The third-order valence-corrected chi connectivity index (χ3v) is 3.14. The number of halogens is 3. The SMILES string of the molecule is CCn1ncc([N+](=O)[O-])c1N1CC[C@@H]1NC(=O)C(F)(F)F. The Labute approximate surface area is 116 Å². The monoisotopic (exact) mass is 307 g/mol. The van der Waals surface area contributed by atoms with Crippen LogP contribution in [0.1, 0.15) is 13.3 Å². The molecular weight excluding hydrogens is 295 g/mol. The molecule has 0 aromatic carbocycles. The number of anilines is 1. The van der Waals surface area contributed by atoms with Gasteiger partial charge in [0.2, 0.25) is 5.82 Å². The van der Waals surface area contributed by atoms with Crippen LogP contribution in [-0.2, 0) is 11.3 Å². The lowest BCUT2D eigenvalue weighted by Crippen LogP contribution is -2.60. The Morgan fingerprint density at radius 2 is 2.29 bits per heavy atom. The fourth-order valence-electron chi connectivity index (χ4n) is 2.05. The summed E-state index contributed by atoms with van der Waals surface area (Å²) < 4.78 is 38.0. The van der Waals surface area contributed by atoms with Gasteiger partial charge in [0.25, 0.3) is 0 Å². The number of rotatable bonds is 4. The Balaban J connectivity index is 2.21. The fraction of sp³-hybridized carbons (Fsp3) is 0.600. The molecule has 11 heteroatoms. The van der Waals surface area contributed by atoms with E-state index in [2.05, 4.69) is 5.10 Å². The maximum atomic E-state index is 12.2. The molecule has 1 aromatic heterocycles. The molecule has 21 heavy (non-hydrogen) atoms. The van der Waals surface area contributed by atoms with E-state index < -0.39 is 23.2 Å². The standard InChI is InChI=1S/C10H12F3N5O3/c1-2-17-8(6(5-14-17)18(20)21)16-4-3-7(16)15-9(19)10(11,12)13/h5,7H,2-4H2,1H3,(H,15,19)/t7-/m1/s1. The molecule has 1 aliphatic rings. The molecule has 2 rings (SSSR count). The molecule has 116 valence electrons. The minimum Gasteiger partial charge on any atom is -0.330 e. The van der Waals surface area contributed by atoms with Crippen LogP contribution < -0.4 is 10.2 Å². The molecule has 1 atom stereocenters. The van der Waals surface area contributed by atoms with Crippen LogP contribution in [0.25, 0.3) is 0 Å². The number of carbonyl (C=O) groups is 1. The van der Waals surface area contributed by atoms with Crippen LogP contribution in [0.2, 0.25) is 0 Å². The first kappa shape index (κ1) is 15.1. The zero-order valence-electron chi connectivity index (χ0n) is 10.9. The van der Waals surface area contributed by atoms with Gasteiger partial charge in [-0.25, -0.2) is 4.68 Å². The molecule has 1 aromatic rings. The fourth-order valence-corrected chi connectivity index (χ4v) is 2.05. The summed E-state index contributed by atoms with van der Waals surface area (Å²) in [5.41, 5.74) is -0.303. The highest BCUT2D eigenvalue weighted by Gasteiger charge is 2.44. The molecule has 8 nitrogen and oxygen atoms in total. The summed E-state index contributed by atoms with van der Waals surface area (Å²) in [5, 5.41) is 16.6. The summed E-state index contributed by atoms with van der Waals surface area (Å²) in [4.78, 5) is 22.6. The maximum Gasteiger partial charge on any atom is 0.471 e. The number of amides is 1. The predicted octanol–water partition coefficient (Wildman–Crippen LogP) is 1.03. The Morgan fingerprint density at radius 3 is 2.71 bits per heavy atom. The van der Waals surface area contributed by atoms with Gasteiger partial charge in [0.15, 0.2) is 0 Å². The van der Waals surface area contributed by atoms with Crippen molar-refractivity contribution in [3.8, 4) is 0 Å². The van der Waals surface area contributed by atoms with E-state index in [1.165, 1.54) is 9.58 Å². The van der Waals surface area contributed by atoms with E-state index in [1.54, 1.807) is 6.92 Å². The van der Waals surface area contributed by atoms with Gasteiger partial charge >= 0.3 is 17.8 Å². The molecule has 1 amide bonds. The Hall–Kier alpha value is -2.33.